The monoisotopic (exact) mass is 458 g/mol. The molecule has 4 rings (SSSR count). The molecule has 4 heterocycles. The highest BCUT2D eigenvalue weighted by Gasteiger charge is 2.15. The summed E-state index contributed by atoms with van der Waals surface area (Å²) in [7, 11) is 0. The molecule has 0 fully saturated rings. The quantitative estimate of drug-likeness (QED) is 0.315. The number of carboxylic acid groups (broad SMARTS) is 1. The summed E-state index contributed by atoms with van der Waals surface area (Å²) in [6.45, 7) is 5.95. The summed E-state index contributed by atoms with van der Waals surface area (Å²) >= 11 is 14.7. The Bertz CT molecular complexity index is 1190. The largest absolute Gasteiger partial charge is 0.477 e. The number of carbonyl (C=O) groups excluding carboxylic acids is 1. The number of ether oxygens (including phenoxy) is 1. The van der Waals surface area contributed by atoms with Gasteiger partial charge >= 0.3 is 11.9 Å². The van der Waals surface area contributed by atoms with Crippen molar-refractivity contribution in [3.63, 3.8) is 0 Å². The fraction of sp³-hybridized carbons (Fsp3) is 0.222. The Morgan fingerprint density at radius 1 is 1.00 bits per heavy atom. The molecule has 148 valence electrons. The van der Waals surface area contributed by atoms with E-state index in [-0.39, 0.29) is 11.7 Å². The molecular weight excluding hydrogens is 443 g/mol. The average Bonchev–Trinajstić information content (AvgIpc) is 3.35. The second-order valence-electron chi connectivity index (χ2n) is 5.87. The smallest absolute Gasteiger partial charge is 0.354 e. The first kappa shape index (κ1) is 20.7. The number of nitrogens with one attached hydrogen (secondary N) is 2. The van der Waals surface area contributed by atoms with Crippen molar-refractivity contribution < 1.29 is 19.4 Å². The van der Waals surface area contributed by atoms with Gasteiger partial charge in [0, 0.05) is 11.1 Å². The first-order chi connectivity index (χ1) is 13.2. The van der Waals surface area contributed by atoms with Crippen LogP contribution >= 0.6 is 45.9 Å². The molecule has 4 aromatic rings. The molecule has 0 saturated heterocycles. The molecule has 0 aliphatic carbocycles. The second-order valence-corrected chi connectivity index (χ2v) is 9.18. The first-order valence-corrected chi connectivity index (χ1v) is 10.6. The minimum atomic E-state index is -0.945. The molecule has 0 spiro atoms. The van der Waals surface area contributed by atoms with Crippen molar-refractivity contribution in [2.45, 2.75) is 20.8 Å². The van der Waals surface area contributed by atoms with E-state index in [1.54, 1.807) is 19.1 Å². The maximum atomic E-state index is 11.4. The summed E-state index contributed by atoms with van der Waals surface area (Å²) in [5.41, 5.74) is 4.33. The second kappa shape index (κ2) is 8.16. The van der Waals surface area contributed by atoms with Gasteiger partial charge in [0.1, 0.15) is 11.4 Å². The molecule has 28 heavy (non-hydrogen) atoms. The number of H-pyrrole nitrogens is 2. The molecule has 0 aromatic carbocycles. The number of carbonyl (C=O) groups is 2. The van der Waals surface area contributed by atoms with Crippen molar-refractivity contribution in [1.29, 1.82) is 0 Å². The molecule has 0 aliphatic heterocycles. The predicted molar refractivity (Wildman–Crippen MR) is 115 cm³/mol. The van der Waals surface area contributed by atoms with Gasteiger partial charge in [-0.25, -0.2) is 9.59 Å². The number of rotatable bonds is 3. The molecule has 4 aromatic heterocycles. The number of aromatic carboxylic acids is 1. The number of aromatic amines is 2. The van der Waals surface area contributed by atoms with Crippen molar-refractivity contribution in [3.8, 4) is 0 Å². The standard InChI is InChI=1S/C10H10ClNO2S.C8H6ClNO2S/c1-3-14-10(13)6-4-7-8(12-6)5(2)9(11)15-7;1-3-6-5(13-7(3)9)2-4(10-6)8(11)12/h4,12H,3H2,1-2H3;2,10H,1H3,(H,11,12). The molecule has 0 aliphatic rings. The third kappa shape index (κ3) is 3.91. The Morgan fingerprint density at radius 2 is 1.46 bits per heavy atom. The SMILES string of the molecule is CCOC(=O)c1cc2sc(Cl)c(C)c2[nH]1.Cc1c(Cl)sc2cc(C(=O)O)[nH]c12. The highest BCUT2D eigenvalue weighted by molar-refractivity contribution is 7.23. The lowest BCUT2D eigenvalue weighted by Gasteiger charge is -1.97. The van der Waals surface area contributed by atoms with E-state index in [1.165, 1.54) is 22.7 Å². The normalized spacial score (nSPS) is 10.9. The number of halogens is 2. The van der Waals surface area contributed by atoms with Crippen LogP contribution in [0.15, 0.2) is 12.1 Å². The zero-order valence-corrected chi connectivity index (χ0v) is 18.3. The molecule has 0 unspecified atom stereocenters. The zero-order valence-electron chi connectivity index (χ0n) is 15.1. The summed E-state index contributed by atoms with van der Waals surface area (Å²) in [4.78, 5) is 27.9. The number of thiophene rings is 2. The minimum absolute atomic E-state index is 0.209. The lowest BCUT2D eigenvalue weighted by atomic mass is 10.3. The van der Waals surface area contributed by atoms with Gasteiger partial charge in [0.15, 0.2) is 0 Å². The zero-order chi connectivity index (χ0) is 20.6. The van der Waals surface area contributed by atoms with E-state index in [2.05, 4.69) is 9.97 Å². The summed E-state index contributed by atoms with van der Waals surface area (Å²) < 4.78 is 8.24. The van der Waals surface area contributed by atoms with Gasteiger partial charge in [0.25, 0.3) is 0 Å². The van der Waals surface area contributed by atoms with Gasteiger partial charge in [-0.05, 0) is 32.9 Å². The Labute approximate surface area is 178 Å². The highest BCUT2D eigenvalue weighted by Crippen LogP contribution is 2.35. The molecule has 3 N–H and O–H groups in total. The van der Waals surface area contributed by atoms with Crippen LogP contribution in [0.25, 0.3) is 20.4 Å². The third-order valence-corrected chi connectivity index (χ3v) is 7.11. The van der Waals surface area contributed by atoms with Gasteiger partial charge < -0.3 is 19.8 Å². The van der Waals surface area contributed by atoms with Crippen molar-refractivity contribution in [1.82, 2.24) is 9.97 Å². The number of aromatic nitrogens is 2. The van der Waals surface area contributed by atoms with Gasteiger partial charge in [-0.2, -0.15) is 0 Å². The minimum Gasteiger partial charge on any atom is -0.477 e. The van der Waals surface area contributed by atoms with E-state index in [0.717, 1.165) is 35.9 Å². The van der Waals surface area contributed by atoms with Gasteiger partial charge in [0.05, 0.1) is 35.7 Å². The summed E-state index contributed by atoms with van der Waals surface area (Å²) in [6.07, 6.45) is 0. The molecule has 6 nitrogen and oxygen atoms in total. The number of esters is 1. The fourth-order valence-electron chi connectivity index (χ4n) is 2.57. The Hall–Kier alpha value is -2.00. The van der Waals surface area contributed by atoms with Gasteiger partial charge in [-0.15, -0.1) is 22.7 Å². The van der Waals surface area contributed by atoms with Crippen molar-refractivity contribution in [3.05, 3.63) is 43.3 Å². The van der Waals surface area contributed by atoms with E-state index < -0.39 is 5.97 Å². The van der Waals surface area contributed by atoms with Crippen LogP contribution in [0, 0.1) is 13.8 Å². The number of hydrogen-bond acceptors (Lipinski definition) is 5. The van der Waals surface area contributed by atoms with Crippen LogP contribution in [0.4, 0.5) is 0 Å². The van der Waals surface area contributed by atoms with Crippen molar-refractivity contribution >= 4 is 78.2 Å². The van der Waals surface area contributed by atoms with Crippen LogP contribution in [-0.2, 0) is 4.74 Å². The Kier molecular flexibility index (Phi) is 6.04. The van der Waals surface area contributed by atoms with Crippen LogP contribution in [0.1, 0.15) is 39.0 Å². The Balaban J connectivity index is 0.000000162. The molecule has 0 bridgehead atoms. The topological polar surface area (TPSA) is 95.2 Å². The van der Waals surface area contributed by atoms with Crippen LogP contribution in [0.3, 0.4) is 0 Å². The maximum absolute atomic E-state index is 11.4. The van der Waals surface area contributed by atoms with Crippen LogP contribution in [0.2, 0.25) is 8.67 Å². The van der Waals surface area contributed by atoms with Crippen molar-refractivity contribution in [2.75, 3.05) is 6.61 Å². The summed E-state index contributed by atoms with van der Waals surface area (Å²) in [5, 5.41) is 8.70. The van der Waals surface area contributed by atoms with Gasteiger partial charge in [-0.1, -0.05) is 23.2 Å². The molecule has 0 atom stereocenters. The van der Waals surface area contributed by atoms with Crippen LogP contribution < -0.4 is 0 Å². The molecular formula is C18H16Cl2N2O4S2. The lowest BCUT2D eigenvalue weighted by Crippen LogP contribution is -2.04. The molecule has 0 saturated carbocycles. The van der Waals surface area contributed by atoms with E-state index in [4.69, 9.17) is 33.0 Å². The van der Waals surface area contributed by atoms with Crippen molar-refractivity contribution in [2.24, 2.45) is 0 Å². The number of carboxylic acids is 1. The van der Waals surface area contributed by atoms with E-state index in [9.17, 15) is 9.59 Å². The third-order valence-electron chi connectivity index (χ3n) is 4.03. The molecule has 0 radical (unpaired) electrons. The number of hydrogen-bond donors (Lipinski definition) is 3. The summed E-state index contributed by atoms with van der Waals surface area (Å²) in [5.74, 6) is -1.27. The van der Waals surface area contributed by atoms with E-state index in [1.807, 2.05) is 13.8 Å². The lowest BCUT2D eigenvalue weighted by molar-refractivity contribution is 0.0520. The first-order valence-electron chi connectivity index (χ1n) is 8.18. The maximum Gasteiger partial charge on any atom is 0.354 e. The Morgan fingerprint density at radius 3 is 1.89 bits per heavy atom. The predicted octanol–water partition coefficient (Wildman–Crippen LogP) is 6.26. The number of aryl methyl sites for hydroxylation is 2. The molecule has 10 heteroatoms. The molecule has 0 amide bonds. The fourth-order valence-corrected chi connectivity index (χ4v) is 5.12. The van der Waals surface area contributed by atoms with E-state index >= 15 is 0 Å². The average molecular weight is 459 g/mol. The number of fused-ring (bicyclic) bond motifs is 2. The summed E-state index contributed by atoms with van der Waals surface area (Å²) in [6, 6.07) is 3.37. The highest BCUT2D eigenvalue weighted by atomic mass is 35.5. The van der Waals surface area contributed by atoms with Crippen LogP contribution in [0.5, 0.6) is 0 Å². The van der Waals surface area contributed by atoms with Gasteiger partial charge in [0.2, 0.25) is 0 Å². The van der Waals surface area contributed by atoms with Gasteiger partial charge in [-0.3, -0.25) is 0 Å². The van der Waals surface area contributed by atoms with Crippen LogP contribution in [-0.4, -0.2) is 33.6 Å². The van der Waals surface area contributed by atoms with E-state index in [0.29, 0.717) is 16.6 Å².